The first-order valence-corrected chi connectivity index (χ1v) is 7.56. The molecule has 0 saturated carbocycles. The minimum atomic E-state index is 0.425. The van der Waals surface area contributed by atoms with Crippen molar-refractivity contribution in [2.75, 3.05) is 6.61 Å². The van der Waals surface area contributed by atoms with Crippen LogP contribution in [0.3, 0.4) is 0 Å². The normalized spacial score (nSPS) is 15.5. The summed E-state index contributed by atoms with van der Waals surface area (Å²) in [5.74, 6) is 1.43. The van der Waals surface area contributed by atoms with Gasteiger partial charge in [0.2, 0.25) is 5.88 Å². The van der Waals surface area contributed by atoms with Crippen LogP contribution in [-0.4, -0.2) is 16.4 Å². The Morgan fingerprint density at radius 1 is 1.30 bits per heavy atom. The molecule has 2 aromatic rings. The van der Waals surface area contributed by atoms with Crippen LogP contribution in [-0.2, 0) is 19.4 Å². The van der Waals surface area contributed by atoms with Crippen molar-refractivity contribution in [3.05, 3.63) is 47.2 Å². The van der Waals surface area contributed by atoms with Crippen LogP contribution in [0.5, 0.6) is 5.88 Å². The summed E-state index contributed by atoms with van der Waals surface area (Å²) in [6.07, 6.45) is 3.08. The molecule has 106 valence electrons. The van der Waals surface area contributed by atoms with Gasteiger partial charge in [-0.15, -0.1) is 0 Å². The molecule has 0 fully saturated rings. The van der Waals surface area contributed by atoms with Crippen molar-refractivity contribution >= 4 is 0 Å². The van der Waals surface area contributed by atoms with E-state index in [1.165, 1.54) is 16.8 Å². The van der Waals surface area contributed by atoms with Crippen molar-refractivity contribution in [1.29, 1.82) is 0 Å². The van der Waals surface area contributed by atoms with Crippen LogP contribution in [0.25, 0.3) is 0 Å². The average Bonchev–Trinajstić information content (AvgIpc) is 2.87. The van der Waals surface area contributed by atoms with Crippen molar-refractivity contribution in [1.82, 2.24) is 9.78 Å². The Morgan fingerprint density at radius 2 is 2.10 bits per heavy atom. The fourth-order valence-electron chi connectivity index (χ4n) is 2.99. The third-order valence-corrected chi connectivity index (χ3v) is 3.99. The maximum atomic E-state index is 5.83. The molecule has 3 heteroatoms. The summed E-state index contributed by atoms with van der Waals surface area (Å²) in [5.41, 5.74) is 3.88. The van der Waals surface area contributed by atoms with Crippen LogP contribution in [0.2, 0.25) is 0 Å². The van der Waals surface area contributed by atoms with Gasteiger partial charge in [0, 0.05) is 24.4 Å². The van der Waals surface area contributed by atoms with Gasteiger partial charge < -0.3 is 4.74 Å². The Balaban J connectivity index is 1.87. The van der Waals surface area contributed by atoms with Crippen molar-refractivity contribution < 1.29 is 4.74 Å². The van der Waals surface area contributed by atoms with Crippen LogP contribution in [0.1, 0.15) is 43.0 Å². The van der Waals surface area contributed by atoms with Gasteiger partial charge in [0.1, 0.15) is 0 Å². The van der Waals surface area contributed by atoms with Gasteiger partial charge in [0.25, 0.3) is 0 Å². The fraction of sp³-hybridized carbons (Fsp3) is 0.471. The molecule has 3 nitrogen and oxygen atoms in total. The number of aromatic nitrogens is 2. The third kappa shape index (κ3) is 2.45. The lowest BCUT2D eigenvalue weighted by Crippen LogP contribution is -2.15. The molecule has 1 aromatic carbocycles. The van der Waals surface area contributed by atoms with E-state index in [-0.39, 0.29) is 0 Å². The first-order valence-electron chi connectivity index (χ1n) is 7.56. The summed E-state index contributed by atoms with van der Waals surface area (Å²) < 4.78 is 7.88. The maximum absolute atomic E-state index is 5.83. The largest absolute Gasteiger partial charge is 0.478 e. The number of hydrogen-bond acceptors (Lipinski definition) is 2. The van der Waals surface area contributed by atoms with Crippen molar-refractivity contribution in [3.63, 3.8) is 0 Å². The van der Waals surface area contributed by atoms with Crippen LogP contribution in [0, 0.1) is 0 Å². The second kappa shape index (κ2) is 5.70. The van der Waals surface area contributed by atoms with E-state index in [9.17, 15) is 0 Å². The Bertz CT molecular complexity index is 574. The lowest BCUT2D eigenvalue weighted by molar-refractivity contribution is 0.228. The molecule has 1 unspecified atom stereocenters. The van der Waals surface area contributed by atoms with Crippen LogP contribution in [0.15, 0.2) is 30.3 Å². The van der Waals surface area contributed by atoms with E-state index in [2.05, 4.69) is 48.9 Å². The highest BCUT2D eigenvalue weighted by molar-refractivity contribution is 5.35. The molecular weight excluding hydrogens is 248 g/mol. The molecule has 0 saturated heterocycles. The average molecular weight is 270 g/mol. The van der Waals surface area contributed by atoms with Gasteiger partial charge >= 0.3 is 0 Å². The number of ether oxygens (including phenoxy) is 1. The molecule has 0 N–H and O–H groups in total. The van der Waals surface area contributed by atoms with Gasteiger partial charge in [0.05, 0.1) is 12.3 Å². The minimum Gasteiger partial charge on any atom is -0.478 e. The number of benzene rings is 1. The molecule has 1 aliphatic rings. The van der Waals surface area contributed by atoms with E-state index < -0.39 is 0 Å². The number of nitrogens with zero attached hydrogens (tertiary/aromatic N) is 2. The molecule has 1 aromatic heterocycles. The number of fused-ring (bicyclic) bond motifs is 1. The number of rotatable bonds is 4. The predicted octanol–water partition coefficient (Wildman–Crippen LogP) is 3.57. The maximum Gasteiger partial charge on any atom is 0.215 e. The Morgan fingerprint density at radius 3 is 2.85 bits per heavy atom. The lowest BCUT2D eigenvalue weighted by atomic mass is 9.95. The zero-order valence-corrected chi connectivity index (χ0v) is 12.3. The molecule has 1 atom stereocenters. The van der Waals surface area contributed by atoms with Crippen molar-refractivity contribution in [2.24, 2.45) is 0 Å². The molecule has 0 amide bonds. The van der Waals surface area contributed by atoms with Gasteiger partial charge in [0.15, 0.2) is 0 Å². The van der Waals surface area contributed by atoms with Crippen molar-refractivity contribution in [2.45, 2.75) is 45.6 Å². The Kier molecular flexibility index (Phi) is 3.77. The number of hydrogen-bond donors (Lipinski definition) is 0. The molecule has 0 aliphatic carbocycles. The SMILES string of the molecule is CCc1c(C(C)Cc2ccccc2)nn2c1OCCC2. The zero-order chi connectivity index (χ0) is 13.9. The van der Waals surface area contributed by atoms with E-state index in [0.717, 1.165) is 38.3 Å². The standard InChI is InChI=1S/C17H22N2O/c1-3-15-16(18-19-10-7-11-20-17(15)19)13(2)12-14-8-5-4-6-9-14/h4-6,8-9,13H,3,7,10-12H2,1-2H3. The van der Waals surface area contributed by atoms with Crippen LogP contribution in [0.4, 0.5) is 0 Å². The van der Waals surface area contributed by atoms with Gasteiger partial charge in [-0.2, -0.15) is 5.10 Å². The lowest BCUT2D eigenvalue weighted by Gasteiger charge is -2.15. The minimum absolute atomic E-state index is 0.425. The summed E-state index contributed by atoms with van der Waals surface area (Å²) in [5, 5.41) is 4.81. The van der Waals surface area contributed by atoms with Gasteiger partial charge in [-0.3, -0.25) is 0 Å². The van der Waals surface area contributed by atoms with E-state index in [4.69, 9.17) is 9.84 Å². The summed E-state index contributed by atoms with van der Waals surface area (Å²) in [6.45, 7) is 6.26. The quantitative estimate of drug-likeness (QED) is 0.849. The highest BCUT2D eigenvalue weighted by Gasteiger charge is 2.23. The third-order valence-electron chi connectivity index (χ3n) is 3.99. The summed E-state index contributed by atoms with van der Waals surface area (Å²) >= 11 is 0. The predicted molar refractivity (Wildman–Crippen MR) is 80.3 cm³/mol. The van der Waals surface area contributed by atoms with E-state index >= 15 is 0 Å². The summed E-state index contributed by atoms with van der Waals surface area (Å²) in [4.78, 5) is 0. The second-order valence-corrected chi connectivity index (χ2v) is 5.54. The Labute approximate surface area is 120 Å². The first kappa shape index (κ1) is 13.2. The highest BCUT2D eigenvalue weighted by atomic mass is 16.5. The van der Waals surface area contributed by atoms with Crippen LogP contribution >= 0.6 is 0 Å². The van der Waals surface area contributed by atoms with Gasteiger partial charge in [-0.25, -0.2) is 4.68 Å². The fourth-order valence-corrected chi connectivity index (χ4v) is 2.99. The molecule has 1 aliphatic heterocycles. The van der Waals surface area contributed by atoms with E-state index in [1.807, 2.05) is 0 Å². The van der Waals surface area contributed by atoms with Gasteiger partial charge in [-0.1, -0.05) is 44.2 Å². The molecule has 0 radical (unpaired) electrons. The van der Waals surface area contributed by atoms with Gasteiger partial charge in [-0.05, 0) is 18.4 Å². The molecule has 3 rings (SSSR count). The molecule has 0 spiro atoms. The zero-order valence-electron chi connectivity index (χ0n) is 12.3. The Hall–Kier alpha value is -1.77. The molecule has 0 bridgehead atoms. The smallest absolute Gasteiger partial charge is 0.215 e. The summed E-state index contributed by atoms with van der Waals surface area (Å²) in [7, 11) is 0. The second-order valence-electron chi connectivity index (χ2n) is 5.54. The number of aryl methyl sites for hydroxylation is 1. The van der Waals surface area contributed by atoms with E-state index in [0.29, 0.717) is 5.92 Å². The molecule has 2 heterocycles. The monoisotopic (exact) mass is 270 g/mol. The van der Waals surface area contributed by atoms with E-state index in [1.54, 1.807) is 0 Å². The molecule has 20 heavy (non-hydrogen) atoms. The molecular formula is C17H22N2O. The first-order chi connectivity index (χ1) is 9.79. The highest BCUT2D eigenvalue weighted by Crippen LogP contribution is 2.32. The topological polar surface area (TPSA) is 27.1 Å². The van der Waals surface area contributed by atoms with Crippen LogP contribution < -0.4 is 4.74 Å². The summed E-state index contributed by atoms with van der Waals surface area (Å²) in [6, 6.07) is 10.6. The van der Waals surface area contributed by atoms with Crippen molar-refractivity contribution in [3.8, 4) is 5.88 Å².